The molecule has 1 aliphatic rings. The van der Waals surface area contributed by atoms with Gasteiger partial charge in [-0.2, -0.15) is 0 Å². The van der Waals surface area contributed by atoms with Gasteiger partial charge in [0, 0.05) is 21.6 Å². The number of hydrogen-bond acceptors (Lipinski definition) is 10. The van der Waals surface area contributed by atoms with Gasteiger partial charge < -0.3 is 40.7 Å². The molecule has 0 saturated carbocycles. The maximum Gasteiger partial charge on any atom is 0.164 e. The molecule has 0 aliphatic carbocycles. The van der Waals surface area contributed by atoms with Gasteiger partial charge >= 0.3 is 0 Å². The largest absolute Gasteiger partial charge is 0.493 e. The number of rotatable bonds is 11. The molecular weight excluding hydrogens is 584 g/mol. The molecule has 11 nitrogen and oxygen atoms in total. The molecule has 7 N–H and O–H groups in total. The van der Waals surface area contributed by atoms with Gasteiger partial charge in [0.2, 0.25) is 0 Å². The Morgan fingerprint density at radius 3 is 2.42 bits per heavy atom. The number of halogens is 2. The second kappa shape index (κ2) is 13.7. The van der Waals surface area contributed by atoms with Crippen molar-refractivity contribution < 1.29 is 35.4 Å². The van der Waals surface area contributed by atoms with Gasteiger partial charge in [-0.25, -0.2) is 9.97 Å². The lowest BCUT2D eigenvalue weighted by atomic mass is 10.0. The number of ether oxygens (including phenoxy) is 2. The third-order valence-electron chi connectivity index (χ3n) is 6.48. The van der Waals surface area contributed by atoms with Gasteiger partial charge in [0.25, 0.3) is 0 Å². The Kier molecular flexibility index (Phi) is 10.9. The first-order chi connectivity index (χ1) is 17.9. The summed E-state index contributed by atoms with van der Waals surface area (Å²) in [6.07, 6.45) is -0.661. The topological polar surface area (TPSA) is 172 Å². The minimum Gasteiger partial charge on any atom is -0.493 e. The molecule has 4 rings (SSSR count). The lowest BCUT2D eigenvalue weighted by molar-refractivity contribution is -0.100. The molecule has 1 aliphatic heterocycles. The Morgan fingerprint density at radius 2 is 1.79 bits per heavy atom. The van der Waals surface area contributed by atoms with Crippen LogP contribution in [0.2, 0.25) is 5.02 Å². The zero-order valence-corrected chi connectivity index (χ0v) is 23.1. The van der Waals surface area contributed by atoms with Crippen molar-refractivity contribution in [1.29, 1.82) is 0 Å². The molecular formula is C25H32BrClN4O7. The van der Waals surface area contributed by atoms with Crippen LogP contribution in [-0.4, -0.2) is 98.5 Å². The fourth-order valence-corrected chi connectivity index (χ4v) is 4.89. The van der Waals surface area contributed by atoms with Crippen molar-refractivity contribution in [2.75, 3.05) is 38.7 Å². The second-order valence-corrected chi connectivity index (χ2v) is 10.1. The van der Waals surface area contributed by atoms with Crippen molar-refractivity contribution in [3.05, 3.63) is 46.2 Å². The first-order valence-corrected chi connectivity index (χ1v) is 13.1. The number of aliphatic hydroxyl groups is 4. The van der Waals surface area contributed by atoms with Crippen LogP contribution in [0.5, 0.6) is 11.5 Å². The van der Waals surface area contributed by atoms with E-state index in [1.165, 1.54) is 13.4 Å². The molecule has 4 atom stereocenters. The highest BCUT2D eigenvalue weighted by molar-refractivity contribution is 9.10. The molecule has 2 heterocycles. The van der Waals surface area contributed by atoms with Gasteiger partial charge in [0.15, 0.2) is 17.6 Å². The fourth-order valence-electron chi connectivity index (χ4n) is 4.46. The Balaban J connectivity index is 0.00000400. The van der Waals surface area contributed by atoms with E-state index in [9.17, 15) is 20.4 Å². The van der Waals surface area contributed by atoms with Crippen LogP contribution in [0.15, 0.2) is 41.1 Å². The summed E-state index contributed by atoms with van der Waals surface area (Å²) < 4.78 is 12.2. The van der Waals surface area contributed by atoms with Crippen molar-refractivity contribution in [3.63, 3.8) is 0 Å². The van der Waals surface area contributed by atoms with E-state index in [2.05, 4.69) is 31.2 Å². The summed E-state index contributed by atoms with van der Waals surface area (Å²) in [5, 5.41) is 45.9. The smallest absolute Gasteiger partial charge is 0.164 e. The minimum atomic E-state index is -1.46. The van der Waals surface area contributed by atoms with Crippen molar-refractivity contribution in [2.45, 2.75) is 37.2 Å². The normalized spacial score (nSPS) is 16.9. The van der Waals surface area contributed by atoms with Gasteiger partial charge in [-0.15, -0.1) is 0 Å². The number of anilines is 2. The van der Waals surface area contributed by atoms with E-state index in [0.717, 1.165) is 36.1 Å². The number of aliphatic hydroxyl groups excluding tert-OH is 4. The van der Waals surface area contributed by atoms with E-state index < -0.39 is 31.0 Å². The minimum absolute atomic E-state index is 0. The zero-order valence-electron chi connectivity index (χ0n) is 20.7. The van der Waals surface area contributed by atoms with Gasteiger partial charge in [0.1, 0.15) is 24.4 Å². The van der Waals surface area contributed by atoms with Gasteiger partial charge in [-0.1, -0.05) is 11.6 Å². The lowest BCUT2D eigenvalue weighted by Crippen LogP contribution is -2.54. The molecule has 0 bridgehead atoms. The summed E-state index contributed by atoms with van der Waals surface area (Å²) >= 11 is 9.58. The molecule has 3 aromatic rings. The average Bonchev–Trinajstić information content (AvgIpc) is 3.43. The number of nitrogens with zero attached hydrogens (tertiary/aromatic N) is 3. The summed E-state index contributed by atoms with van der Waals surface area (Å²) in [7, 11) is 1.47. The number of fused-ring (bicyclic) bond motifs is 1. The third-order valence-corrected chi connectivity index (χ3v) is 7.72. The monoisotopic (exact) mass is 614 g/mol. The van der Waals surface area contributed by atoms with Crippen LogP contribution in [0, 0.1) is 0 Å². The first kappa shape index (κ1) is 30.3. The second-order valence-electron chi connectivity index (χ2n) is 8.81. The third kappa shape index (κ3) is 6.64. The number of hydrogen-bond donors (Lipinski definition) is 5. The van der Waals surface area contributed by atoms with Crippen LogP contribution in [0.1, 0.15) is 12.8 Å². The van der Waals surface area contributed by atoms with E-state index in [4.69, 9.17) is 21.1 Å². The quantitative estimate of drug-likeness (QED) is 0.214. The van der Waals surface area contributed by atoms with Crippen LogP contribution in [0.4, 0.5) is 11.5 Å². The van der Waals surface area contributed by atoms with Gasteiger partial charge in [0.05, 0.1) is 36.9 Å². The van der Waals surface area contributed by atoms with E-state index in [-0.39, 0.29) is 17.8 Å². The molecule has 38 heavy (non-hydrogen) atoms. The number of methoxy groups -OCH3 is 1. The highest BCUT2D eigenvalue weighted by Crippen LogP contribution is 2.36. The molecule has 208 valence electrons. The number of benzene rings is 2. The van der Waals surface area contributed by atoms with Crippen LogP contribution < -0.4 is 14.8 Å². The molecule has 0 amide bonds. The molecule has 0 spiro atoms. The number of nitrogens with one attached hydrogen (secondary N) is 1. The van der Waals surface area contributed by atoms with Crippen molar-refractivity contribution in [1.82, 2.24) is 14.9 Å². The summed E-state index contributed by atoms with van der Waals surface area (Å²) in [5.74, 6) is 1.05. The van der Waals surface area contributed by atoms with Crippen LogP contribution in [0.25, 0.3) is 10.9 Å². The molecule has 2 aromatic carbocycles. The highest BCUT2D eigenvalue weighted by Gasteiger charge is 2.37. The standard InChI is InChI=1S/C25H30BrClN4O6.H2O/c1-36-20-9-15-18(28-13-29-25(15)30-14-4-5-16(26)17(27)8-14)10-21(20)37-22(12-33)24(35)23(34)19(11-32)31-6-2-3-7-31;/h4-5,8-10,13,19,22-24,32-35H,2-3,6-7,11-12H2,1H3,(H,28,29,30);1H2/t19-,22-,23+,24+;/m0./s1. The van der Waals surface area contributed by atoms with E-state index in [1.54, 1.807) is 18.2 Å². The van der Waals surface area contributed by atoms with Crippen LogP contribution in [0.3, 0.4) is 0 Å². The summed E-state index contributed by atoms with van der Waals surface area (Å²) in [6, 6.07) is 8.06. The summed E-state index contributed by atoms with van der Waals surface area (Å²) in [6.45, 7) is 0.547. The molecule has 0 unspecified atom stereocenters. The van der Waals surface area contributed by atoms with Crippen molar-refractivity contribution >= 4 is 49.9 Å². The Labute approximate surface area is 233 Å². The van der Waals surface area contributed by atoms with E-state index in [0.29, 0.717) is 27.5 Å². The summed E-state index contributed by atoms with van der Waals surface area (Å²) in [5.41, 5.74) is 1.25. The van der Waals surface area contributed by atoms with E-state index in [1.807, 2.05) is 17.0 Å². The molecule has 1 fully saturated rings. The Hall–Kier alpha value is -2.29. The molecule has 1 saturated heterocycles. The highest BCUT2D eigenvalue weighted by atomic mass is 79.9. The fraction of sp³-hybridized carbons (Fsp3) is 0.440. The lowest BCUT2D eigenvalue weighted by Gasteiger charge is -2.35. The number of likely N-dealkylation sites (tertiary alicyclic amines) is 1. The maximum atomic E-state index is 10.9. The first-order valence-electron chi connectivity index (χ1n) is 11.9. The molecule has 13 heteroatoms. The Morgan fingerprint density at radius 1 is 1.05 bits per heavy atom. The average molecular weight is 616 g/mol. The van der Waals surface area contributed by atoms with E-state index >= 15 is 0 Å². The molecule has 0 radical (unpaired) electrons. The van der Waals surface area contributed by atoms with Crippen LogP contribution >= 0.6 is 27.5 Å². The SMILES string of the molecule is COc1cc2c(Nc3ccc(Br)c(Cl)c3)ncnc2cc1O[C@@H](CO)[C@@H](O)[C@H](O)[C@H](CO)N1CCCC1.O. The predicted octanol–water partition coefficient (Wildman–Crippen LogP) is 1.89. The van der Waals surface area contributed by atoms with Crippen LogP contribution in [-0.2, 0) is 0 Å². The van der Waals surface area contributed by atoms with Crippen molar-refractivity contribution in [2.24, 2.45) is 0 Å². The number of aromatic nitrogens is 2. The maximum absolute atomic E-state index is 10.9. The Bertz CT molecular complexity index is 1220. The molecule has 1 aromatic heterocycles. The van der Waals surface area contributed by atoms with Gasteiger partial charge in [-0.05, 0) is 66.1 Å². The summed E-state index contributed by atoms with van der Waals surface area (Å²) in [4.78, 5) is 10.6. The zero-order chi connectivity index (χ0) is 26.5. The van der Waals surface area contributed by atoms with Crippen molar-refractivity contribution in [3.8, 4) is 11.5 Å². The predicted molar refractivity (Wildman–Crippen MR) is 147 cm³/mol. The van der Waals surface area contributed by atoms with Gasteiger partial charge in [-0.3, -0.25) is 4.90 Å².